The first-order valence-electron chi connectivity index (χ1n) is 9.75. The Kier molecular flexibility index (Phi) is 5.98. The molecule has 0 aliphatic carbocycles. The normalized spacial score (nSPS) is 12.2. The van der Waals surface area contributed by atoms with Gasteiger partial charge in [0.25, 0.3) is 5.56 Å². The van der Waals surface area contributed by atoms with Gasteiger partial charge in [-0.05, 0) is 23.3 Å². The number of fused-ring (bicyclic) bond motifs is 1. The maximum absolute atomic E-state index is 12.9. The number of likely N-dealkylation sites (N-methyl/N-ethyl adjacent to an activating group) is 1. The van der Waals surface area contributed by atoms with Gasteiger partial charge in [-0.15, -0.1) is 0 Å². The molecule has 1 aromatic heterocycles. The van der Waals surface area contributed by atoms with Gasteiger partial charge in [0.15, 0.2) is 0 Å². The van der Waals surface area contributed by atoms with Crippen LogP contribution in [0.2, 0.25) is 0 Å². The maximum atomic E-state index is 12.9. The first-order chi connectivity index (χ1) is 13.8. The number of nitrogen functional groups attached to an aromatic ring is 1. The molecular weight excluding hydrogens is 368 g/mol. The van der Waals surface area contributed by atoms with Crippen molar-refractivity contribution in [1.29, 1.82) is 0 Å². The van der Waals surface area contributed by atoms with Gasteiger partial charge in [0.05, 0.1) is 7.05 Å². The highest BCUT2D eigenvalue weighted by molar-refractivity contribution is 6.00. The molecule has 1 atom stereocenters. The summed E-state index contributed by atoms with van der Waals surface area (Å²) in [7, 11) is 3.27. The Hall–Kier alpha value is -3.19. The lowest BCUT2D eigenvalue weighted by atomic mass is 10.1. The average molecular weight is 395 g/mol. The molecule has 1 unspecified atom stereocenters. The van der Waals surface area contributed by atoms with Crippen LogP contribution in [0.15, 0.2) is 52.1 Å². The van der Waals surface area contributed by atoms with Crippen molar-refractivity contribution in [3.8, 4) is 0 Å². The van der Waals surface area contributed by atoms with E-state index in [9.17, 15) is 14.4 Å². The molecule has 0 amide bonds. The van der Waals surface area contributed by atoms with E-state index in [-0.39, 0.29) is 23.7 Å². The van der Waals surface area contributed by atoms with Crippen LogP contribution in [0.1, 0.15) is 29.3 Å². The fraction of sp³-hybridized carbons (Fsp3) is 0.318. The zero-order valence-corrected chi connectivity index (χ0v) is 17.1. The number of nitrogens with one attached hydrogen (secondary N) is 1. The minimum atomic E-state index is -0.636. The maximum Gasteiger partial charge on any atom is 0.332 e. The van der Waals surface area contributed by atoms with Crippen molar-refractivity contribution in [1.82, 2.24) is 9.13 Å². The molecule has 29 heavy (non-hydrogen) atoms. The highest BCUT2D eigenvalue weighted by Crippen LogP contribution is 2.15. The Balaban J connectivity index is 1.83. The lowest BCUT2D eigenvalue weighted by Gasteiger charge is -2.16. The number of carbonyl (C=O) groups is 1. The molecule has 7 nitrogen and oxygen atoms in total. The third-order valence-electron chi connectivity index (χ3n) is 5.09. The van der Waals surface area contributed by atoms with Crippen LogP contribution in [0.25, 0.3) is 10.8 Å². The first kappa shape index (κ1) is 20.5. The van der Waals surface area contributed by atoms with Crippen molar-refractivity contribution in [2.75, 3.05) is 19.3 Å². The lowest BCUT2D eigenvalue weighted by Crippen LogP contribution is -3.08. The molecule has 0 aliphatic heterocycles. The van der Waals surface area contributed by atoms with Gasteiger partial charge in [-0.3, -0.25) is 18.7 Å². The molecule has 7 heteroatoms. The number of nitrogens with two attached hydrogens (primary N) is 1. The summed E-state index contributed by atoms with van der Waals surface area (Å²) < 4.78 is 2.26. The highest BCUT2D eigenvalue weighted by Gasteiger charge is 2.23. The van der Waals surface area contributed by atoms with E-state index in [1.165, 1.54) is 17.0 Å². The molecule has 3 aromatic rings. The summed E-state index contributed by atoms with van der Waals surface area (Å²) in [5.41, 5.74) is 5.92. The summed E-state index contributed by atoms with van der Waals surface area (Å²) in [6.45, 7) is 3.00. The van der Waals surface area contributed by atoms with Gasteiger partial charge in [-0.1, -0.05) is 43.3 Å². The van der Waals surface area contributed by atoms with Gasteiger partial charge < -0.3 is 10.6 Å². The number of ketones is 1. The largest absolute Gasteiger partial charge is 0.384 e. The fourth-order valence-corrected chi connectivity index (χ4v) is 3.61. The van der Waals surface area contributed by atoms with E-state index < -0.39 is 11.2 Å². The van der Waals surface area contributed by atoms with Crippen molar-refractivity contribution in [2.24, 2.45) is 7.05 Å². The number of hydrogen-bond donors (Lipinski definition) is 2. The molecule has 0 spiro atoms. The minimum absolute atomic E-state index is 0.0385. The fourth-order valence-electron chi connectivity index (χ4n) is 3.61. The quantitative estimate of drug-likeness (QED) is 0.573. The Morgan fingerprint density at radius 2 is 1.79 bits per heavy atom. The molecule has 0 radical (unpaired) electrons. The topological polar surface area (TPSA) is 91.5 Å². The monoisotopic (exact) mass is 395 g/mol. The van der Waals surface area contributed by atoms with E-state index in [0.717, 1.165) is 20.4 Å². The Bertz CT molecular complexity index is 1180. The molecule has 3 rings (SSSR count). The second kappa shape index (κ2) is 8.45. The molecule has 1 heterocycles. The van der Waals surface area contributed by atoms with E-state index in [1.54, 1.807) is 0 Å². The van der Waals surface area contributed by atoms with Crippen molar-refractivity contribution < 1.29 is 9.69 Å². The Morgan fingerprint density at radius 3 is 2.48 bits per heavy atom. The van der Waals surface area contributed by atoms with Crippen molar-refractivity contribution in [2.45, 2.75) is 26.4 Å². The molecule has 0 fully saturated rings. The van der Waals surface area contributed by atoms with Crippen LogP contribution in [0.3, 0.4) is 0 Å². The van der Waals surface area contributed by atoms with Gasteiger partial charge in [0, 0.05) is 19.2 Å². The second-order valence-electron chi connectivity index (χ2n) is 7.47. The Morgan fingerprint density at radius 1 is 1.10 bits per heavy atom. The number of anilines is 1. The molecule has 152 valence electrons. The summed E-state index contributed by atoms with van der Waals surface area (Å²) in [4.78, 5) is 38.6. The zero-order valence-electron chi connectivity index (χ0n) is 17.1. The van der Waals surface area contributed by atoms with Crippen molar-refractivity contribution >= 4 is 22.4 Å². The Labute approximate surface area is 169 Å². The van der Waals surface area contributed by atoms with E-state index in [2.05, 4.69) is 24.3 Å². The summed E-state index contributed by atoms with van der Waals surface area (Å²) in [5.74, 6) is -0.394. The van der Waals surface area contributed by atoms with E-state index >= 15 is 0 Å². The van der Waals surface area contributed by atoms with Gasteiger partial charge in [-0.2, -0.15) is 0 Å². The molecule has 0 saturated carbocycles. The number of benzene rings is 2. The summed E-state index contributed by atoms with van der Waals surface area (Å²) in [6.07, 6.45) is 0.670. The number of hydrogen-bond acceptors (Lipinski definition) is 4. The molecule has 2 aromatic carbocycles. The number of nitrogens with zero attached hydrogens (tertiary/aromatic N) is 2. The number of aromatic nitrogens is 2. The average Bonchev–Trinajstić information content (AvgIpc) is 2.69. The third-order valence-corrected chi connectivity index (χ3v) is 5.09. The van der Waals surface area contributed by atoms with Crippen LogP contribution >= 0.6 is 0 Å². The predicted octanol–water partition coefficient (Wildman–Crippen LogP) is 0.590. The molecular formula is C22H27N4O3+. The van der Waals surface area contributed by atoms with Crippen molar-refractivity contribution in [3.63, 3.8) is 0 Å². The van der Waals surface area contributed by atoms with E-state index in [4.69, 9.17) is 5.73 Å². The predicted molar refractivity (Wildman–Crippen MR) is 114 cm³/mol. The lowest BCUT2D eigenvalue weighted by molar-refractivity contribution is -0.884. The number of Topliss-reactive ketones (excluding diaryl/α,β-unsaturated/α-hetero) is 1. The van der Waals surface area contributed by atoms with Crippen molar-refractivity contribution in [3.05, 3.63) is 74.4 Å². The second-order valence-corrected chi connectivity index (χ2v) is 7.47. The van der Waals surface area contributed by atoms with Gasteiger partial charge in [0.2, 0.25) is 5.78 Å². The number of quaternary nitrogens is 1. The summed E-state index contributed by atoms with van der Waals surface area (Å²) in [5, 5.41) is 2.31. The minimum Gasteiger partial charge on any atom is -0.384 e. The van der Waals surface area contributed by atoms with Gasteiger partial charge in [-0.25, -0.2) is 4.79 Å². The van der Waals surface area contributed by atoms with Crippen LogP contribution in [-0.4, -0.2) is 28.5 Å². The smallest absolute Gasteiger partial charge is 0.332 e. The molecule has 0 aliphatic rings. The van der Waals surface area contributed by atoms with E-state index in [0.29, 0.717) is 19.5 Å². The van der Waals surface area contributed by atoms with Crippen LogP contribution in [0.4, 0.5) is 5.82 Å². The van der Waals surface area contributed by atoms with Crippen LogP contribution in [-0.2, 0) is 20.1 Å². The zero-order chi connectivity index (χ0) is 21.1. The molecule has 0 saturated heterocycles. The highest BCUT2D eigenvalue weighted by atomic mass is 16.2. The van der Waals surface area contributed by atoms with Crippen LogP contribution < -0.4 is 21.9 Å². The van der Waals surface area contributed by atoms with Gasteiger partial charge in [0.1, 0.15) is 24.5 Å². The summed E-state index contributed by atoms with van der Waals surface area (Å²) in [6, 6.07) is 14.3. The summed E-state index contributed by atoms with van der Waals surface area (Å²) >= 11 is 0. The first-order valence-corrected chi connectivity index (χ1v) is 9.75. The standard InChI is InChI=1S/C22H26N4O3/c1-4-11-26-20(23)19(21(28)25(3)22(26)29)18(27)14-24(2)13-15-9-10-16-7-5-6-8-17(16)12-15/h5-10,12H,4,11,13-14,23H2,1-3H3/p+1. The SMILES string of the molecule is CCCn1c(N)c(C(=O)C[NH+](C)Cc2ccc3ccccc3c2)c(=O)n(C)c1=O. The van der Waals surface area contributed by atoms with E-state index in [1.807, 2.05) is 32.2 Å². The van der Waals surface area contributed by atoms with Gasteiger partial charge >= 0.3 is 5.69 Å². The van der Waals surface area contributed by atoms with Crippen LogP contribution in [0, 0.1) is 0 Å². The van der Waals surface area contributed by atoms with Crippen LogP contribution in [0.5, 0.6) is 0 Å². The molecule has 0 bridgehead atoms. The third kappa shape index (κ3) is 4.14. The number of carbonyl (C=O) groups excluding carboxylic acids is 1. The number of rotatable bonds is 7. The molecule has 3 N–H and O–H groups in total.